The maximum Gasteiger partial charge on any atom is 0.413 e. The van der Waals surface area contributed by atoms with Crippen molar-refractivity contribution in [2.45, 2.75) is 32.5 Å². The van der Waals surface area contributed by atoms with Gasteiger partial charge in [-0.1, -0.05) is 0 Å². The zero-order valence-electron chi connectivity index (χ0n) is 10.2. The third kappa shape index (κ3) is 6.11. The molecular formula is C9H15N2O5PS. The minimum absolute atomic E-state index is 0.236. The van der Waals surface area contributed by atoms with Crippen molar-refractivity contribution in [1.29, 1.82) is 0 Å². The summed E-state index contributed by atoms with van der Waals surface area (Å²) in [6, 6.07) is 0. The summed E-state index contributed by atoms with van der Waals surface area (Å²) in [7, 11) is -4.14. The lowest BCUT2D eigenvalue weighted by Crippen LogP contribution is -2.27. The molecule has 0 spiro atoms. The lowest BCUT2D eigenvalue weighted by molar-refractivity contribution is 0.0636. The molecule has 1 amide bonds. The summed E-state index contributed by atoms with van der Waals surface area (Å²) in [5.74, 6) is 0. The van der Waals surface area contributed by atoms with E-state index in [1.807, 2.05) is 0 Å². The zero-order valence-corrected chi connectivity index (χ0v) is 11.9. The third-order valence-corrected chi connectivity index (χ3v) is 3.07. The molecule has 1 aromatic heterocycles. The first-order valence-corrected chi connectivity index (χ1v) is 7.72. The predicted molar refractivity (Wildman–Crippen MR) is 67.7 cm³/mol. The summed E-state index contributed by atoms with van der Waals surface area (Å²) in [6.45, 7) is 5.19. The Balaban J connectivity index is 2.59. The van der Waals surface area contributed by atoms with E-state index < -0.39 is 25.5 Å². The molecule has 9 heteroatoms. The number of aromatic nitrogens is 1. The average Bonchev–Trinajstić information content (AvgIpc) is 2.44. The summed E-state index contributed by atoms with van der Waals surface area (Å²) in [4.78, 5) is 32.8. The second kappa shape index (κ2) is 5.36. The fourth-order valence-corrected chi connectivity index (χ4v) is 2.44. The Morgan fingerprint density at radius 2 is 2.17 bits per heavy atom. The number of anilines is 1. The van der Waals surface area contributed by atoms with Crippen LogP contribution in [0.25, 0.3) is 0 Å². The van der Waals surface area contributed by atoms with Crippen molar-refractivity contribution in [2.75, 3.05) is 5.32 Å². The summed E-state index contributed by atoms with van der Waals surface area (Å²) >= 11 is 1.08. The molecule has 0 aromatic carbocycles. The minimum Gasteiger partial charge on any atom is -0.444 e. The van der Waals surface area contributed by atoms with E-state index in [-0.39, 0.29) is 10.8 Å². The van der Waals surface area contributed by atoms with Crippen LogP contribution in [0.3, 0.4) is 0 Å². The average molecular weight is 294 g/mol. The molecule has 1 rings (SSSR count). The summed E-state index contributed by atoms with van der Waals surface area (Å²) in [6.07, 6.45) is -1.10. The molecule has 0 fully saturated rings. The van der Waals surface area contributed by atoms with Gasteiger partial charge in [0, 0.05) is 5.38 Å². The molecule has 0 atom stereocenters. The van der Waals surface area contributed by atoms with Crippen molar-refractivity contribution in [2.24, 2.45) is 0 Å². The van der Waals surface area contributed by atoms with Gasteiger partial charge in [-0.2, -0.15) is 0 Å². The lowest BCUT2D eigenvalue weighted by Gasteiger charge is -2.18. The lowest BCUT2D eigenvalue weighted by atomic mass is 10.2. The van der Waals surface area contributed by atoms with Gasteiger partial charge in [-0.15, -0.1) is 11.3 Å². The molecule has 3 N–H and O–H groups in total. The van der Waals surface area contributed by atoms with Crippen LogP contribution in [-0.2, 0) is 15.5 Å². The predicted octanol–water partition coefficient (Wildman–Crippen LogP) is 2.17. The highest BCUT2D eigenvalue weighted by Gasteiger charge is 2.19. The molecule has 0 aliphatic heterocycles. The fraction of sp³-hybridized carbons (Fsp3) is 0.556. The van der Waals surface area contributed by atoms with E-state index in [4.69, 9.17) is 14.5 Å². The highest BCUT2D eigenvalue weighted by molar-refractivity contribution is 7.50. The van der Waals surface area contributed by atoms with Crippen molar-refractivity contribution >= 4 is 30.2 Å². The van der Waals surface area contributed by atoms with Crippen LogP contribution >= 0.6 is 18.9 Å². The fourth-order valence-electron chi connectivity index (χ4n) is 1.04. The van der Waals surface area contributed by atoms with Crippen LogP contribution in [0.2, 0.25) is 0 Å². The number of nitrogens with one attached hydrogen (secondary N) is 1. The van der Waals surface area contributed by atoms with Crippen molar-refractivity contribution in [3.8, 4) is 0 Å². The maximum atomic E-state index is 11.4. The number of amides is 1. The number of thiazole rings is 1. The maximum absolute atomic E-state index is 11.4. The van der Waals surface area contributed by atoms with Gasteiger partial charge in [0.05, 0.1) is 11.9 Å². The number of carbonyl (C=O) groups is 1. The number of hydrogen-bond donors (Lipinski definition) is 3. The van der Waals surface area contributed by atoms with E-state index >= 15 is 0 Å². The summed E-state index contributed by atoms with van der Waals surface area (Å²) in [5, 5.41) is 4.12. The Morgan fingerprint density at radius 3 is 2.67 bits per heavy atom. The Hall–Kier alpha value is -0.950. The van der Waals surface area contributed by atoms with Gasteiger partial charge in [0.2, 0.25) is 0 Å². The standard InChI is InChI=1S/C9H15N2O5PS/c1-9(2,3)16-8(12)11-7-10-6(5-18-7)4-17(13,14)15/h5H,4H2,1-3H3,(H,10,11,12)(H2,13,14,15). The van der Waals surface area contributed by atoms with Crippen LogP contribution < -0.4 is 5.32 Å². The van der Waals surface area contributed by atoms with E-state index in [1.54, 1.807) is 20.8 Å². The number of carbonyl (C=O) groups excluding carboxylic acids is 1. The molecule has 0 bridgehead atoms. The van der Waals surface area contributed by atoms with Crippen LogP contribution in [0.5, 0.6) is 0 Å². The number of nitrogens with zero attached hydrogens (tertiary/aromatic N) is 1. The highest BCUT2D eigenvalue weighted by Crippen LogP contribution is 2.39. The number of rotatable bonds is 3. The van der Waals surface area contributed by atoms with E-state index in [1.165, 1.54) is 5.38 Å². The molecule has 18 heavy (non-hydrogen) atoms. The zero-order chi connectivity index (χ0) is 14.0. The first-order valence-electron chi connectivity index (χ1n) is 5.04. The van der Waals surface area contributed by atoms with E-state index in [0.29, 0.717) is 0 Å². The van der Waals surface area contributed by atoms with Gasteiger partial charge in [0.25, 0.3) is 0 Å². The normalized spacial score (nSPS) is 12.3. The van der Waals surface area contributed by atoms with E-state index in [0.717, 1.165) is 11.3 Å². The Kier molecular flexibility index (Phi) is 4.50. The summed E-state index contributed by atoms with van der Waals surface area (Å²) in [5.41, 5.74) is -0.379. The Bertz CT molecular complexity index is 476. The Labute approximate surface area is 108 Å². The van der Waals surface area contributed by atoms with Crippen LogP contribution in [-0.4, -0.2) is 26.5 Å². The summed E-state index contributed by atoms with van der Waals surface area (Å²) < 4.78 is 15.8. The molecule has 1 heterocycles. The number of hydrogen-bond acceptors (Lipinski definition) is 5. The van der Waals surface area contributed by atoms with Gasteiger partial charge in [-0.05, 0) is 20.8 Å². The first kappa shape index (κ1) is 15.1. The van der Waals surface area contributed by atoms with Gasteiger partial charge in [-0.25, -0.2) is 9.78 Å². The smallest absolute Gasteiger partial charge is 0.413 e. The van der Waals surface area contributed by atoms with Gasteiger partial charge in [-0.3, -0.25) is 9.88 Å². The quantitative estimate of drug-likeness (QED) is 0.737. The second-order valence-corrected chi connectivity index (χ2v) is 7.10. The SMILES string of the molecule is CC(C)(C)OC(=O)Nc1nc(CP(=O)(O)O)cs1. The topological polar surface area (TPSA) is 109 Å². The van der Waals surface area contributed by atoms with Gasteiger partial charge in [0.15, 0.2) is 5.13 Å². The van der Waals surface area contributed by atoms with Gasteiger partial charge >= 0.3 is 13.7 Å². The molecule has 0 aliphatic rings. The molecule has 0 aliphatic carbocycles. The van der Waals surface area contributed by atoms with Gasteiger partial charge < -0.3 is 14.5 Å². The van der Waals surface area contributed by atoms with Crippen molar-refractivity contribution in [3.05, 3.63) is 11.1 Å². The van der Waals surface area contributed by atoms with Crippen molar-refractivity contribution in [3.63, 3.8) is 0 Å². The van der Waals surface area contributed by atoms with Crippen LogP contribution in [0.4, 0.5) is 9.93 Å². The monoisotopic (exact) mass is 294 g/mol. The first-order chi connectivity index (χ1) is 8.05. The molecule has 1 aromatic rings. The van der Waals surface area contributed by atoms with Crippen LogP contribution in [0.15, 0.2) is 5.38 Å². The van der Waals surface area contributed by atoms with E-state index in [2.05, 4.69) is 10.3 Å². The molecular weight excluding hydrogens is 279 g/mol. The van der Waals surface area contributed by atoms with Crippen molar-refractivity contribution < 1.29 is 23.9 Å². The van der Waals surface area contributed by atoms with Gasteiger partial charge in [0.1, 0.15) is 5.60 Å². The van der Waals surface area contributed by atoms with Crippen LogP contribution in [0.1, 0.15) is 26.5 Å². The Morgan fingerprint density at radius 1 is 1.56 bits per heavy atom. The molecule has 0 saturated heterocycles. The second-order valence-electron chi connectivity index (χ2n) is 4.59. The molecule has 7 nitrogen and oxygen atoms in total. The van der Waals surface area contributed by atoms with Crippen LogP contribution in [0, 0.1) is 0 Å². The minimum atomic E-state index is -4.14. The molecule has 0 unspecified atom stereocenters. The van der Waals surface area contributed by atoms with E-state index in [9.17, 15) is 9.36 Å². The highest BCUT2D eigenvalue weighted by atomic mass is 32.1. The number of ether oxygens (including phenoxy) is 1. The molecule has 0 saturated carbocycles. The van der Waals surface area contributed by atoms with Crippen molar-refractivity contribution in [1.82, 2.24) is 4.98 Å². The molecule has 102 valence electrons. The largest absolute Gasteiger partial charge is 0.444 e. The third-order valence-electron chi connectivity index (χ3n) is 1.53. The molecule has 0 radical (unpaired) electrons.